The van der Waals surface area contributed by atoms with Crippen molar-refractivity contribution in [2.75, 3.05) is 0 Å². The minimum atomic E-state index is -2.02. The van der Waals surface area contributed by atoms with E-state index in [2.05, 4.69) is 0 Å². The first kappa shape index (κ1) is 18.6. The van der Waals surface area contributed by atoms with Crippen LogP contribution in [0.25, 0.3) is 0 Å². The molecule has 2 N–H and O–H groups in total. The molecule has 3 unspecified atom stereocenters. The van der Waals surface area contributed by atoms with Gasteiger partial charge < -0.3 is 5.73 Å². The molecule has 3 rings (SSSR count). The lowest BCUT2D eigenvalue weighted by molar-refractivity contribution is -0.532. The number of hydrogen-bond acceptors (Lipinski definition) is 6. The predicted molar refractivity (Wildman–Crippen MR) is 99.6 cm³/mol. The Labute approximate surface area is 161 Å². The second-order valence-electron chi connectivity index (χ2n) is 6.52. The number of nitrogens with zero attached hydrogens (tertiary/aromatic N) is 4. The largest absolute Gasteiger partial charge is 0.399 e. The maximum Gasteiger partial charge on any atom is 0.234 e. The molecule has 0 amide bonds. The summed E-state index contributed by atoms with van der Waals surface area (Å²) in [6, 6.07) is 21.2. The average Bonchev–Trinajstić information content (AvgIpc) is 2.74. The van der Waals surface area contributed by atoms with Crippen LogP contribution in [-0.4, -0.2) is 11.0 Å². The minimum Gasteiger partial charge on any atom is -0.399 e. The van der Waals surface area contributed by atoms with Gasteiger partial charge in [-0.05, 0) is 11.1 Å². The van der Waals surface area contributed by atoms with Crippen LogP contribution in [-0.2, 0) is 0 Å². The zero-order chi connectivity index (χ0) is 20.3. The molecular formula is C21H15N5O2. The van der Waals surface area contributed by atoms with Gasteiger partial charge in [-0.25, -0.2) is 0 Å². The molecule has 0 radical (unpaired) electrons. The van der Waals surface area contributed by atoms with Gasteiger partial charge in [-0.1, -0.05) is 60.7 Å². The fourth-order valence-corrected chi connectivity index (χ4v) is 3.96. The minimum absolute atomic E-state index is 0.108. The lowest BCUT2D eigenvalue weighted by Crippen LogP contribution is -2.50. The first-order valence-corrected chi connectivity index (χ1v) is 8.48. The molecule has 2 aromatic rings. The highest BCUT2D eigenvalue weighted by atomic mass is 16.6. The van der Waals surface area contributed by atoms with Gasteiger partial charge in [-0.3, -0.25) is 10.1 Å². The first-order valence-electron chi connectivity index (χ1n) is 8.48. The highest BCUT2D eigenvalue weighted by molar-refractivity contribution is 5.54. The van der Waals surface area contributed by atoms with Gasteiger partial charge >= 0.3 is 0 Å². The predicted octanol–water partition coefficient (Wildman–Crippen LogP) is 2.98. The molecule has 0 fully saturated rings. The summed E-state index contributed by atoms with van der Waals surface area (Å²) in [5.74, 6) is -2.11. The van der Waals surface area contributed by atoms with Crippen molar-refractivity contribution in [1.82, 2.24) is 0 Å². The van der Waals surface area contributed by atoms with Gasteiger partial charge in [0.15, 0.2) is 5.41 Å². The second-order valence-corrected chi connectivity index (χ2v) is 6.52. The van der Waals surface area contributed by atoms with E-state index in [-0.39, 0.29) is 11.3 Å². The fraction of sp³-hybridized carbons (Fsp3) is 0.190. The van der Waals surface area contributed by atoms with Crippen LogP contribution in [0.3, 0.4) is 0 Å². The quantitative estimate of drug-likeness (QED) is 0.651. The van der Waals surface area contributed by atoms with Gasteiger partial charge in [-0.2, -0.15) is 15.8 Å². The van der Waals surface area contributed by atoms with E-state index in [9.17, 15) is 25.9 Å². The van der Waals surface area contributed by atoms with Crippen LogP contribution in [0.2, 0.25) is 0 Å². The van der Waals surface area contributed by atoms with E-state index >= 15 is 0 Å². The Morgan fingerprint density at radius 2 is 1.43 bits per heavy atom. The number of nitriles is 3. The number of allylic oxidation sites excluding steroid dienone is 1. The highest BCUT2D eigenvalue weighted by Crippen LogP contribution is 2.53. The van der Waals surface area contributed by atoms with Gasteiger partial charge in [-0.15, -0.1) is 0 Å². The molecule has 1 aliphatic rings. The standard InChI is InChI=1S/C21H15N5O2/c22-11-16-17(14-7-3-1-4-8-14)19(26(27)28)18(15-9-5-2-6-10-15)21(12-23,13-24)20(16)25/h1-10,17-19H,25H2. The van der Waals surface area contributed by atoms with E-state index in [0.29, 0.717) is 11.1 Å². The van der Waals surface area contributed by atoms with Crippen LogP contribution in [0.4, 0.5) is 0 Å². The maximum atomic E-state index is 12.2. The third kappa shape index (κ3) is 2.65. The number of benzene rings is 2. The Kier molecular flexibility index (Phi) is 4.81. The van der Waals surface area contributed by atoms with E-state index in [1.807, 2.05) is 18.2 Å². The summed E-state index contributed by atoms with van der Waals surface area (Å²) in [6.07, 6.45) is 0. The first-order chi connectivity index (χ1) is 13.5. The number of nitro groups is 1. The lowest BCUT2D eigenvalue weighted by Gasteiger charge is -2.40. The maximum absolute atomic E-state index is 12.2. The molecule has 0 saturated carbocycles. The van der Waals surface area contributed by atoms with Crippen LogP contribution in [0, 0.1) is 49.5 Å². The van der Waals surface area contributed by atoms with Crippen LogP contribution in [0.15, 0.2) is 71.9 Å². The summed E-state index contributed by atoms with van der Waals surface area (Å²) in [4.78, 5) is 11.7. The summed E-state index contributed by atoms with van der Waals surface area (Å²) < 4.78 is 0. The zero-order valence-electron chi connectivity index (χ0n) is 14.7. The zero-order valence-corrected chi connectivity index (χ0v) is 14.7. The number of hydrogen-bond donors (Lipinski definition) is 1. The van der Waals surface area contributed by atoms with E-state index in [0.717, 1.165) is 0 Å². The van der Waals surface area contributed by atoms with Crippen molar-refractivity contribution < 1.29 is 4.92 Å². The monoisotopic (exact) mass is 369 g/mol. The van der Waals surface area contributed by atoms with Gasteiger partial charge in [0.05, 0.1) is 41.3 Å². The highest BCUT2D eigenvalue weighted by Gasteiger charge is 2.60. The normalized spacial score (nSPS) is 23.1. The van der Waals surface area contributed by atoms with Crippen molar-refractivity contribution in [1.29, 1.82) is 15.8 Å². The van der Waals surface area contributed by atoms with E-state index in [1.54, 1.807) is 60.7 Å². The fourth-order valence-electron chi connectivity index (χ4n) is 3.96. The molecule has 0 heterocycles. The smallest absolute Gasteiger partial charge is 0.234 e. The molecule has 7 nitrogen and oxygen atoms in total. The number of rotatable bonds is 3. The summed E-state index contributed by atoms with van der Waals surface area (Å²) >= 11 is 0. The SMILES string of the molecule is N#CC1=C(N)C(C#N)(C#N)C(c2ccccc2)C([N+](=O)[O-])C1c1ccccc1. The van der Waals surface area contributed by atoms with Crippen molar-refractivity contribution in [2.24, 2.45) is 11.1 Å². The van der Waals surface area contributed by atoms with Crippen molar-refractivity contribution in [3.63, 3.8) is 0 Å². The molecule has 0 aromatic heterocycles. The molecule has 136 valence electrons. The van der Waals surface area contributed by atoms with Gasteiger partial charge in [0, 0.05) is 4.92 Å². The summed E-state index contributed by atoms with van der Waals surface area (Å²) in [5, 5.41) is 41.8. The molecule has 0 aliphatic heterocycles. The summed E-state index contributed by atoms with van der Waals surface area (Å²) in [7, 11) is 0. The van der Waals surface area contributed by atoms with Crippen LogP contribution >= 0.6 is 0 Å². The van der Waals surface area contributed by atoms with Crippen molar-refractivity contribution in [2.45, 2.75) is 17.9 Å². The van der Waals surface area contributed by atoms with Crippen LogP contribution in [0.1, 0.15) is 23.0 Å². The van der Waals surface area contributed by atoms with Crippen LogP contribution < -0.4 is 5.73 Å². The van der Waals surface area contributed by atoms with Crippen molar-refractivity contribution >= 4 is 0 Å². The number of nitrogens with two attached hydrogens (primary N) is 1. The molecule has 0 saturated heterocycles. The summed E-state index contributed by atoms with van der Waals surface area (Å²) in [5.41, 5.74) is 4.84. The van der Waals surface area contributed by atoms with Gasteiger partial charge in [0.2, 0.25) is 6.04 Å². The average molecular weight is 369 g/mol. The molecule has 0 bridgehead atoms. The molecule has 28 heavy (non-hydrogen) atoms. The van der Waals surface area contributed by atoms with E-state index < -0.39 is 28.2 Å². The molecular weight excluding hydrogens is 354 g/mol. The molecule has 7 heteroatoms. The second kappa shape index (κ2) is 7.23. The van der Waals surface area contributed by atoms with Crippen LogP contribution in [0.5, 0.6) is 0 Å². The third-order valence-electron chi connectivity index (χ3n) is 5.21. The Morgan fingerprint density at radius 3 is 1.86 bits per heavy atom. The Balaban J connectivity index is 2.42. The Hall–Kier alpha value is -4.15. The molecule has 1 aliphatic carbocycles. The Morgan fingerprint density at radius 1 is 0.929 bits per heavy atom. The molecule has 2 aromatic carbocycles. The van der Waals surface area contributed by atoms with Crippen molar-refractivity contribution in [3.05, 3.63) is 93.2 Å². The van der Waals surface area contributed by atoms with Gasteiger partial charge in [0.25, 0.3) is 0 Å². The van der Waals surface area contributed by atoms with E-state index in [1.165, 1.54) is 0 Å². The lowest BCUT2D eigenvalue weighted by atomic mass is 9.58. The van der Waals surface area contributed by atoms with E-state index in [4.69, 9.17) is 5.73 Å². The topological polar surface area (TPSA) is 141 Å². The van der Waals surface area contributed by atoms with Gasteiger partial charge in [0.1, 0.15) is 0 Å². The van der Waals surface area contributed by atoms with Crippen molar-refractivity contribution in [3.8, 4) is 18.2 Å². The Bertz CT molecular complexity index is 1040. The third-order valence-corrected chi connectivity index (χ3v) is 5.21. The summed E-state index contributed by atoms with van der Waals surface area (Å²) in [6.45, 7) is 0. The molecule has 0 spiro atoms. The molecule has 3 atom stereocenters.